The number of rotatable bonds is 8. The molecule has 0 spiro atoms. The maximum atomic E-state index is 12.7. The third-order valence-corrected chi connectivity index (χ3v) is 6.47. The maximum Gasteiger partial charge on any atom is 0.389 e. The van der Waals surface area contributed by atoms with Gasteiger partial charge in [-0.2, -0.15) is 13.2 Å². The van der Waals surface area contributed by atoms with Crippen molar-refractivity contribution in [3.05, 3.63) is 0 Å². The quantitative estimate of drug-likeness (QED) is 0.639. The molecule has 6 nitrogen and oxygen atoms in total. The van der Waals surface area contributed by atoms with Gasteiger partial charge in [0.2, 0.25) is 11.8 Å². The van der Waals surface area contributed by atoms with E-state index in [-0.39, 0.29) is 48.3 Å². The molecule has 172 valence electrons. The van der Waals surface area contributed by atoms with Gasteiger partial charge in [-0.05, 0) is 45.6 Å². The van der Waals surface area contributed by atoms with Crippen LogP contribution in [0.5, 0.6) is 0 Å². The van der Waals surface area contributed by atoms with Gasteiger partial charge in [-0.15, -0.1) is 0 Å². The van der Waals surface area contributed by atoms with Crippen LogP contribution in [0.1, 0.15) is 52.4 Å². The third-order valence-electron chi connectivity index (χ3n) is 6.47. The summed E-state index contributed by atoms with van der Waals surface area (Å²) in [4.78, 5) is 29.0. The van der Waals surface area contributed by atoms with Crippen molar-refractivity contribution in [2.24, 2.45) is 11.8 Å². The standard InChI is InChI=1S/C21H34F3N3O3/c1-14(2)25-18(28)10-15-12-27(9-5-6-21(22,23)24)16-13-30-17(20(15)16)11-19(29)26-7-3-4-8-26/h14-17,20H,3-13H2,1-2H3,(H,25,28)/t15-,16-,17+,20-/m1/s1. The van der Waals surface area contributed by atoms with Gasteiger partial charge in [-0.3, -0.25) is 14.5 Å². The number of fused-ring (bicyclic) bond motifs is 1. The number of halogens is 3. The number of alkyl halides is 3. The molecule has 4 atom stereocenters. The zero-order chi connectivity index (χ0) is 21.9. The molecular weight excluding hydrogens is 399 g/mol. The number of carbonyl (C=O) groups excluding carboxylic acids is 2. The maximum absolute atomic E-state index is 12.7. The van der Waals surface area contributed by atoms with Crippen molar-refractivity contribution in [2.45, 2.75) is 76.7 Å². The first-order valence-corrected chi connectivity index (χ1v) is 11.1. The first kappa shape index (κ1) is 23.3. The number of hydrogen-bond donors (Lipinski definition) is 1. The second kappa shape index (κ2) is 9.85. The van der Waals surface area contributed by atoms with Crippen LogP contribution < -0.4 is 5.32 Å². The van der Waals surface area contributed by atoms with E-state index in [9.17, 15) is 22.8 Å². The largest absolute Gasteiger partial charge is 0.389 e. The fraction of sp³-hybridized carbons (Fsp3) is 0.905. The summed E-state index contributed by atoms with van der Waals surface area (Å²) in [7, 11) is 0. The van der Waals surface area contributed by atoms with Crippen LogP contribution in [0.2, 0.25) is 0 Å². The van der Waals surface area contributed by atoms with Gasteiger partial charge in [0, 0.05) is 50.5 Å². The zero-order valence-corrected chi connectivity index (χ0v) is 17.9. The molecule has 9 heteroatoms. The van der Waals surface area contributed by atoms with Crippen molar-refractivity contribution in [2.75, 3.05) is 32.8 Å². The van der Waals surface area contributed by atoms with Crippen LogP contribution in [0.15, 0.2) is 0 Å². The Balaban J connectivity index is 1.64. The highest BCUT2D eigenvalue weighted by Crippen LogP contribution is 2.42. The number of amides is 2. The Morgan fingerprint density at radius 2 is 1.87 bits per heavy atom. The predicted octanol–water partition coefficient (Wildman–Crippen LogP) is 2.57. The Bertz CT molecular complexity index is 608. The lowest BCUT2D eigenvalue weighted by Crippen LogP contribution is -2.37. The van der Waals surface area contributed by atoms with Crippen LogP contribution in [0.25, 0.3) is 0 Å². The molecule has 1 N–H and O–H groups in total. The van der Waals surface area contributed by atoms with Gasteiger partial charge in [0.05, 0.1) is 19.1 Å². The molecule has 3 rings (SSSR count). The van der Waals surface area contributed by atoms with Crippen LogP contribution in [0.4, 0.5) is 13.2 Å². The molecule has 3 heterocycles. The van der Waals surface area contributed by atoms with Crippen molar-refractivity contribution >= 4 is 11.8 Å². The van der Waals surface area contributed by atoms with E-state index in [1.807, 2.05) is 23.6 Å². The number of likely N-dealkylation sites (tertiary alicyclic amines) is 2. The second-order valence-corrected chi connectivity index (χ2v) is 9.21. The summed E-state index contributed by atoms with van der Waals surface area (Å²) in [6.45, 7) is 6.68. The van der Waals surface area contributed by atoms with Gasteiger partial charge >= 0.3 is 6.18 Å². The van der Waals surface area contributed by atoms with E-state index in [1.54, 1.807) is 0 Å². The number of nitrogens with one attached hydrogen (secondary N) is 1. The highest BCUT2D eigenvalue weighted by Gasteiger charge is 2.51. The van der Waals surface area contributed by atoms with E-state index in [0.717, 1.165) is 25.9 Å². The van der Waals surface area contributed by atoms with Crippen LogP contribution in [-0.4, -0.2) is 78.8 Å². The number of hydrogen-bond acceptors (Lipinski definition) is 4. The summed E-state index contributed by atoms with van der Waals surface area (Å²) in [5.74, 6) is 0.0142. The van der Waals surface area contributed by atoms with E-state index in [2.05, 4.69) is 5.32 Å². The minimum atomic E-state index is -4.16. The first-order chi connectivity index (χ1) is 14.1. The van der Waals surface area contributed by atoms with Crippen molar-refractivity contribution in [3.8, 4) is 0 Å². The number of ether oxygens (including phenoxy) is 1. The van der Waals surface area contributed by atoms with Crippen LogP contribution in [0.3, 0.4) is 0 Å². The van der Waals surface area contributed by atoms with Gasteiger partial charge in [-0.1, -0.05) is 0 Å². The van der Waals surface area contributed by atoms with Crippen molar-refractivity contribution in [1.82, 2.24) is 15.1 Å². The highest BCUT2D eigenvalue weighted by molar-refractivity contribution is 5.77. The molecule has 0 aromatic heterocycles. The molecule has 3 fully saturated rings. The molecule has 2 amide bonds. The average molecular weight is 434 g/mol. The summed E-state index contributed by atoms with van der Waals surface area (Å²) in [5.41, 5.74) is 0. The van der Waals surface area contributed by atoms with Crippen LogP contribution in [0, 0.1) is 11.8 Å². The molecule has 0 bridgehead atoms. The normalized spacial score (nSPS) is 29.6. The second-order valence-electron chi connectivity index (χ2n) is 9.21. The SMILES string of the molecule is CC(C)NC(=O)C[C@@H]1CN(CCCC(F)(F)F)[C@@H]2CO[C@@H](CC(=O)N3CCCC3)[C@H]12. The molecule has 0 unspecified atom stereocenters. The molecule has 3 saturated heterocycles. The third kappa shape index (κ3) is 6.09. The molecule has 0 aromatic rings. The van der Waals surface area contributed by atoms with Crippen molar-refractivity contribution in [1.29, 1.82) is 0 Å². The van der Waals surface area contributed by atoms with E-state index in [0.29, 0.717) is 32.5 Å². The monoisotopic (exact) mass is 433 g/mol. The summed E-state index contributed by atoms with van der Waals surface area (Å²) in [6.07, 6.45) is -2.55. The lowest BCUT2D eigenvalue weighted by molar-refractivity contribution is -0.136. The molecule has 0 radical (unpaired) electrons. The Morgan fingerprint density at radius 3 is 2.50 bits per heavy atom. The summed E-state index contributed by atoms with van der Waals surface area (Å²) in [5, 5.41) is 2.91. The van der Waals surface area contributed by atoms with Crippen LogP contribution >= 0.6 is 0 Å². The van der Waals surface area contributed by atoms with E-state index in [4.69, 9.17) is 4.74 Å². The zero-order valence-electron chi connectivity index (χ0n) is 17.9. The van der Waals surface area contributed by atoms with Gasteiger partial charge in [-0.25, -0.2) is 0 Å². The smallest absolute Gasteiger partial charge is 0.376 e. The Hall–Kier alpha value is -1.35. The van der Waals surface area contributed by atoms with E-state index >= 15 is 0 Å². The fourth-order valence-corrected chi connectivity index (χ4v) is 5.24. The van der Waals surface area contributed by atoms with Crippen molar-refractivity contribution < 1.29 is 27.5 Å². The minimum Gasteiger partial charge on any atom is -0.376 e. The summed E-state index contributed by atoms with van der Waals surface area (Å²) >= 11 is 0. The Kier molecular flexibility index (Phi) is 7.66. The molecular formula is C21H34F3N3O3. The molecule has 3 aliphatic heterocycles. The fourth-order valence-electron chi connectivity index (χ4n) is 5.24. The Morgan fingerprint density at radius 1 is 1.17 bits per heavy atom. The number of carbonyl (C=O) groups is 2. The van der Waals surface area contributed by atoms with Gasteiger partial charge in [0.1, 0.15) is 0 Å². The lowest BCUT2D eigenvalue weighted by Gasteiger charge is -2.25. The lowest BCUT2D eigenvalue weighted by atomic mass is 9.84. The summed E-state index contributed by atoms with van der Waals surface area (Å²) < 4.78 is 43.7. The van der Waals surface area contributed by atoms with Gasteiger partial charge in [0.15, 0.2) is 0 Å². The van der Waals surface area contributed by atoms with Crippen LogP contribution in [-0.2, 0) is 14.3 Å². The topological polar surface area (TPSA) is 61.9 Å². The molecule has 30 heavy (non-hydrogen) atoms. The van der Waals surface area contributed by atoms with E-state index in [1.165, 1.54) is 0 Å². The van der Waals surface area contributed by atoms with Gasteiger partial charge < -0.3 is 15.0 Å². The first-order valence-electron chi connectivity index (χ1n) is 11.1. The predicted molar refractivity (Wildman–Crippen MR) is 106 cm³/mol. The Labute approximate surface area is 176 Å². The summed E-state index contributed by atoms with van der Waals surface area (Å²) in [6, 6.07) is 0.0106. The van der Waals surface area contributed by atoms with Crippen molar-refractivity contribution in [3.63, 3.8) is 0 Å². The molecule has 0 aliphatic carbocycles. The number of nitrogens with zero attached hydrogens (tertiary/aromatic N) is 2. The van der Waals surface area contributed by atoms with Gasteiger partial charge in [0.25, 0.3) is 0 Å². The molecule has 0 saturated carbocycles. The highest BCUT2D eigenvalue weighted by atomic mass is 19.4. The minimum absolute atomic E-state index is 0.000326. The van der Waals surface area contributed by atoms with E-state index < -0.39 is 12.6 Å². The average Bonchev–Trinajstić information content (AvgIpc) is 3.33. The molecule has 3 aliphatic rings. The molecule has 0 aromatic carbocycles.